The van der Waals surface area contributed by atoms with Gasteiger partial charge in [-0.05, 0) is 36.0 Å². The maximum Gasteiger partial charge on any atom is 0.269 e. The van der Waals surface area contributed by atoms with E-state index in [2.05, 4.69) is 5.10 Å². The maximum absolute atomic E-state index is 12.9. The average Bonchev–Trinajstić information content (AvgIpc) is 3.50. The zero-order valence-corrected chi connectivity index (χ0v) is 17.8. The number of nitro groups is 1. The van der Waals surface area contributed by atoms with Crippen molar-refractivity contribution in [3.63, 3.8) is 0 Å². The van der Waals surface area contributed by atoms with Crippen LogP contribution in [0.5, 0.6) is 11.5 Å². The summed E-state index contributed by atoms with van der Waals surface area (Å²) in [7, 11) is 1.49. The highest BCUT2D eigenvalue weighted by Gasteiger charge is 2.59. The largest absolute Gasteiger partial charge is 0.493 e. The number of nitro benzene ring substituents is 1. The van der Waals surface area contributed by atoms with Crippen molar-refractivity contribution in [1.82, 2.24) is 5.01 Å². The van der Waals surface area contributed by atoms with E-state index in [0.717, 1.165) is 11.4 Å². The van der Waals surface area contributed by atoms with Gasteiger partial charge in [-0.2, -0.15) is 10.1 Å². The molecule has 2 amide bonds. The van der Waals surface area contributed by atoms with Crippen LogP contribution >= 0.6 is 0 Å². The molecule has 0 N–H and O–H groups in total. The van der Waals surface area contributed by atoms with Gasteiger partial charge in [-0.3, -0.25) is 19.7 Å². The molecule has 4 atom stereocenters. The number of ether oxygens (including phenoxy) is 2. The smallest absolute Gasteiger partial charge is 0.269 e. The fraction of sp³-hybridized carbons (Fsp3) is 0.292. The molecular weight excluding hydrogens is 426 g/mol. The van der Waals surface area contributed by atoms with E-state index < -0.39 is 4.92 Å². The molecule has 1 heterocycles. The van der Waals surface area contributed by atoms with Crippen LogP contribution in [0.4, 0.5) is 5.69 Å². The number of imide groups is 1. The maximum atomic E-state index is 12.9. The number of amides is 2. The minimum Gasteiger partial charge on any atom is -0.493 e. The molecule has 0 radical (unpaired) electrons. The van der Waals surface area contributed by atoms with E-state index in [-0.39, 0.29) is 47.8 Å². The standard InChI is InChI=1S/C24H21N3O6/c1-32-19-7-3-5-17(22(19)33-13-14-4-2-6-18(10-14)27(30)31)12-25-26-23(28)20-15-8-9-16(11-15)21(20)24(26)29/h2-10,12,15-16,20-21H,11,13H2,1H3/t15-,16-,20-,21+/m0/s1. The number of hydrogen-bond donors (Lipinski definition) is 0. The quantitative estimate of drug-likeness (QED) is 0.212. The zero-order chi connectivity index (χ0) is 23.1. The lowest BCUT2D eigenvalue weighted by Crippen LogP contribution is -2.28. The van der Waals surface area contributed by atoms with Crippen molar-refractivity contribution < 1.29 is 24.0 Å². The van der Waals surface area contributed by atoms with Gasteiger partial charge in [-0.15, -0.1) is 0 Å². The number of nitrogens with zero attached hydrogens (tertiary/aromatic N) is 3. The van der Waals surface area contributed by atoms with Crippen LogP contribution in [0.3, 0.4) is 0 Å². The lowest BCUT2D eigenvalue weighted by molar-refractivity contribution is -0.384. The summed E-state index contributed by atoms with van der Waals surface area (Å²) in [5, 5.41) is 16.2. The summed E-state index contributed by atoms with van der Waals surface area (Å²) < 4.78 is 11.3. The number of para-hydroxylation sites is 1. The molecule has 33 heavy (non-hydrogen) atoms. The number of carbonyl (C=O) groups excluding carboxylic acids is 2. The lowest BCUT2D eigenvalue weighted by atomic mass is 9.85. The highest BCUT2D eigenvalue weighted by molar-refractivity contribution is 6.07. The number of fused-ring (bicyclic) bond motifs is 5. The molecule has 2 bridgehead atoms. The average molecular weight is 447 g/mol. The van der Waals surface area contributed by atoms with Gasteiger partial charge in [-0.1, -0.05) is 30.4 Å². The highest BCUT2D eigenvalue weighted by atomic mass is 16.6. The first-order valence-corrected chi connectivity index (χ1v) is 10.6. The predicted octanol–water partition coefficient (Wildman–Crippen LogP) is 3.32. The molecule has 0 aromatic heterocycles. The number of hydrazone groups is 1. The number of non-ortho nitro benzene ring substituents is 1. The summed E-state index contributed by atoms with van der Waals surface area (Å²) in [6.07, 6.45) is 6.34. The van der Waals surface area contributed by atoms with Gasteiger partial charge in [0.1, 0.15) is 6.61 Å². The van der Waals surface area contributed by atoms with Gasteiger partial charge in [0, 0.05) is 17.7 Å². The van der Waals surface area contributed by atoms with Crippen molar-refractivity contribution in [1.29, 1.82) is 0 Å². The van der Waals surface area contributed by atoms with Crippen LogP contribution in [0.25, 0.3) is 0 Å². The third-order valence-electron chi connectivity index (χ3n) is 6.49. The van der Waals surface area contributed by atoms with Gasteiger partial charge in [0.25, 0.3) is 17.5 Å². The summed E-state index contributed by atoms with van der Waals surface area (Å²) in [5.74, 6) is -0.150. The monoisotopic (exact) mass is 447 g/mol. The van der Waals surface area contributed by atoms with Crippen LogP contribution in [0.1, 0.15) is 17.5 Å². The van der Waals surface area contributed by atoms with E-state index in [0.29, 0.717) is 22.6 Å². The molecule has 2 aromatic carbocycles. The number of allylic oxidation sites excluding steroid dienone is 2. The zero-order valence-electron chi connectivity index (χ0n) is 17.8. The third-order valence-corrected chi connectivity index (χ3v) is 6.49. The van der Waals surface area contributed by atoms with Gasteiger partial charge in [0.15, 0.2) is 11.5 Å². The molecule has 1 saturated carbocycles. The molecule has 0 unspecified atom stereocenters. The molecule has 2 aromatic rings. The van der Waals surface area contributed by atoms with Crippen molar-refractivity contribution in [2.24, 2.45) is 28.8 Å². The Balaban J connectivity index is 1.38. The molecule has 9 heteroatoms. The lowest BCUT2D eigenvalue weighted by Gasteiger charge is -2.14. The topological polar surface area (TPSA) is 111 Å². The Bertz CT molecular complexity index is 1180. The second-order valence-corrected chi connectivity index (χ2v) is 8.33. The first-order chi connectivity index (χ1) is 16.0. The van der Waals surface area contributed by atoms with Gasteiger partial charge >= 0.3 is 0 Å². The fourth-order valence-corrected chi connectivity index (χ4v) is 4.99. The molecule has 3 aliphatic rings. The van der Waals surface area contributed by atoms with E-state index in [9.17, 15) is 19.7 Å². The summed E-state index contributed by atoms with van der Waals surface area (Å²) in [4.78, 5) is 36.3. The minimum absolute atomic E-state index is 0.0297. The molecule has 9 nitrogen and oxygen atoms in total. The molecule has 1 saturated heterocycles. The van der Waals surface area contributed by atoms with Crippen LogP contribution in [0.15, 0.2) is 59.7 Å². The van der Waals surface area contributed by atoms with Crippen molar-refractivity contribution in [3.05, 3.63) is 75.9 Å². The predicted molar refractivity (Wildman–Crippen MR) is 118 cm³/mol. The van der Waals surface area contributed by atoms with Crippen molar-refractivity contribution in [2.75, 3.05) is 7.11 Å². The van der Waals surface area contributed by atoms with Crippen LogP contribution in [-0.4, -0.2) is 35.1 Å². The molecule has 2 fully saturated rings. The van der Waals surface area contributed by atoms with Crippen molar-refractivity contribution >= 4 is 23.7 Å². The Morgan fingerprint density at radius 3 is 2.48 bits per heavy atom. The normalized spacial score (nSPS) is 25.2. The number of hydrogen-bond acceptors (Lipinski definition) is 7. The summed E-state index contributed by atoms with van der Waals surface area (Å²) >= 11 is 0. The van der Waals surface area contributed by atoms with Gasteiger partial charge in [0.05, 0.1) is 30.1 Å². The molecule has 1 aliphatic heterocycles. The van der Waals surface area contributed by atoms with E-state index in [1.165, 1.54) is 25.5 Å². The highest BCUT2D eigenvalue weighted by Crippen LogP contribution is 2.52. The SMILES string of the molecule is COc1cccc(C=NN2C(=O)[C@@H]3[C@H](C2=O)[C@H]2C=C[C@H]3C2)c1OCc1cccc([N+](=O)[O-])c1. The summed E-state index contributed by atoms with van der Waals surface area (Å²) in [5.41, 5.74) is 1.09. The van der Waals surface area contributed by atoms with Crippen LogP contribution < -0.4 is 9.47 Å². The second kappa shape index (κ2) is 8.16. The molecule has 168 valence electrons. The molecule has 2 aliphatic carbocycles. The second-order valence-electron chi connectivity index (χ2n) is 8.33. The number of benzene rings is 2. The van der Waals surface area contributed by atoms with E-state index in [4.69, 9.17) is 9.47 Å². The van der Waals surface area contributed by atoms with Gasteiger partial charge < -0.3 is 9.47 Å². The van der Waals surface area contributed by atoms with Crippen molar-refractivity contribution in [2.45, 2.75) is 13.0 Å². The fourth-order valence-electron chi connectivity index (χ4n) is 4.99. The Morgan fingerprint density at radius 1 is 1.12 bits per heavy atom. The minimum atomic E-state index is -0.466. The third kappa shape index (κ3) is 3.55. The number of carbonyl (C=O) groups is 2. The molecule has 5 rings (SSSR count). The van der Waals surface area contributed by atoms with E-state index >= 15 is 0 Å². The molecular formula is C24H21N3O6. The van der Waals surface area contributed by atoms with Crippen LogP contribution in [0, 0.1) is 33.8 Å². The summed E-state index contributed by atoms with van der Waals surface area (Å²) in [6.45, 7) is 0.0592. The first kappa shape index (κ1) is 20.9. The van der Waals surface area contributed by atoms with E-state index in [1.807, 2.05) is 12.2 Å². The Kier molecular flexibility index (Phi) is 5.16. The molecule has 0 spiro atoms. The number of methoxy groups -OCH3 is 1. The Hall–Kier alpha value is -4.01. The van der Waals surface area contributed by atoms with Crippen molar-refractivity contribution in [3.8, 4) is 11.5 Å². The van der Waals surface area contributed by atoms with Crippen LogP contribution in [-0.2, 0) is 16.2 Å². The van der Waals surface area contributed by atoms with Gasteiger partial charge in [-0.25, -0.2) is 0 Å². The summed E-state index contributed by atoms with van der Waals surface area (Å²) in [6, 6.07) is 11.3. The Morgan fingerprint density at radius 2 is 1.82 bits per heavy atom. The van der Waals surface area contributed by atoms with Crippen LogP contribution in [0.2, 0.25) is 0 Å². The number of rotatable bonds is 7. The van der Waals surface area contributed by atoms with Gasteiger partial charge in [0.2, 0.25) is 0 Å². The Labute approximate surface area is 189 Å². The first-order valence-electron chi connectivity index (χ1n) is 10.6. The van der Waals surface area contributed by atoms with E-state index in [1.54, 1.807) is 30.3 Å².